The van der Waals surface area contributed by atoms with Crippen LogP contribution < -0.4 is 5.19 Å². The maximum Gasteiger partial charge on any atom is 0.0985 e. The molecule has 0 saturated heterocycles. The van der Waals surface area contributed by atoms with Crippen molar-refractivity contribution >= 4 is 13.3 Å². The van der Waals surface area contributed by atoms with Crippen molar-refractivity contribution in [3.05, 3.63) is 66.8 Å². The van der Waals surface area contributed by atoms with Crippen LogP contribution in [0.1, 0.15) is 20.8 Å². The fraction of sp³-hybridized carbons (Fsp3) is 0.333. The van der Waals surface area contributed by atoms with E-state index in [1.165, 1.54) is 21.9 Å². The van der Waals surface area contributed by atoms with E-state index in [-0.39, 0.29) is 0 Å². The van der Waals surface area contributed by atoms with E-state index in [1.807, 2.05) is 0 Å². The molecule has 102 valence electrons. The normalized spacial score (nSPS) is 11.1. The molecule has 0 unspecified atom stereocenters. The monoisotopic (exact) mass is 270 g/mol. The first-order valence-electron chi connectivity index (χ1n) is 6.84. The van der Waals surface area contributed by atoms with Gasteiger partial charge in [-0.25, -0.2) is 0 Å². The van der Waals surface area contributed by atoms with Crippen LogP contribution in [-0.4, -0.2) is 8.07 Å². The Bertz CT molecular complexity index is 427. The van der Waals surface area contributed by atoms with E-state index in [2.05, 4.69) is 70.8 Å². The lowest BCUT2D eigenvalue weighted by molar-refractivity contribution is 1.20. The summed E-state index contributed by atoms with van der Waals surface area (Å²) in [6.07, 6.45) is 0. The number of benzene rings is 1. The van der Waals surface area contributed by atoms with Crippen molar-refractivity contribution in [2.75, 3.05) is 0 Å². The Morgan fingerprint density at radius 2 is 1.16 bits per heavy atom. The summed E-state index contributed by atoms with van der Waals surface area (Å²) in [5.74, 6) is 0. The summed E-state index contributed by atoms with van der Waals surface area (Å²) in [6, 6.07) is 14.3. The van der Waals surface area contributed by atoms with Gasteiger partial charge in [-0.1, -0.05) is 52.2 Å². The third kappa shape index (κ3) is 4.68. The van der Waals surface area contributed by atoms with Crippen LogP contribution in [-0.2, 0) is 0 Å². The Morgan fingerprint density at radius 1 is 0.789 bits per heavy atom. The highest BCUT2D eigenvalue weighted by molar-refractivity contribution is 6.93. The zero-order valence-corrected chi connectivity index (χ0v) is 13.6. The SMILES string of the molecule is C=C(C)C[Si](CC(=C)C)(CC(=C)C)c1ccccc1. The van der Waals surface area contributed by atoms with E-state index in [4.69, 9.17) is 0 Å². The van der Waals surface area contributed by atoms with Crippen LogP contribution in [0.3, 0.4) is 0 Å². The molecule has 0 radical (unpaired) electrons. The Labute approximate surface area is 119 Å². The summed E-state index contributed by atoms with van der Waals surface area (Å²) >= 11 is 0. The van der Waals surface area contributed by atoms with Gasteiger partial charge in [0.1, 0.15) is 0 Å². The van der Waals surface area contributed by atoms with Crippen LogP contribution in [0.4, 0.5) is 0 Å². The van der Waals surface area contributed by atoms with Gasteiger partial charge < -0.3 is 0 Å². The number of rotatable bonds is 7. The second-order valence-electron chi connectivity index (χ2n) is 6.05. The molecular formula is C18H26Si. The van der Waals surface area contributed by atoms with Crippen LogP contribution in [0, 0.1) is 0 Å². The number of hydrogen-bond acceptors (Lipinski definition) is 0. The van der Waals surface area contributed by atoms with Crippen LogP contribution in [0.15, 0.2) is 66.8 Å². The fourth-order valence-electron chi connectivity index (χ4n) is 3.02. The average molecular weight is 270 g/mol. The summed E-state index contributed by atoms with van der Waals surface area (Å²) in [4.78, 5) is 0. The molecule has 0 aliphatic heterocycles. The predicted octanol–water partition coefficient (Wildman–Crippen LogP) is 5.07. The van der Waals surface area contributed by atoms with Gasteiger partial charge in [-0.05, 0) is 38.9 Å². The van der Waals surface area contributed by atoms with E-state index in [0.717, 1.165) is 18.1 Å². The van der Waals surface area contributed by atoms with Gasteiger partial charge in [-0.15, -0.1) is 19.7 Å². The standard InChI is InChI=1S/C18H26Si/c1-15(2)12-19(13-16(3)4,14-17(5)6)18-10-8-7-9-11-18/h7-11H,1,3,5,12-14H2,2,4,6H3. The second kappa shape index (κ2) is 6.72. The smallest absolute Gasteiger partial charge is 0.0985 e. The Hall–Kier alpha value is -1.34. The number of hydrogen-bond donors (Lipinski definition) is 0. The van der Waals surface area contributed by atoms with Crippen LogP contribution in [0.5, 0.6) is 0 Å². The maximum absolute atomic E-state index is 4.16. The van der Waals surface area contributed by atoms with E-state index in [0.29, 0.717) is 0 Å². The first kappa shape index (κ1) is 15.7. The van der Waals surface area contributed by atoms with Gasteiger partial charge in [0.25, 0.3) is 0 Å². The summed E-state index contributed by atoms with van der Waals surface area (Å²) in [6.45, 7) is 18.9. The van der Waals surface area contributed by atoms with E-state index in [9.17, 15) is 0 Å². The third-order valence-corrected chi connectivity index (χ3v) is 8.71. The van der Waals surface area contributed by atoms with E-state index >= 15 is 0 Å². The third-order valence-electron chi connectivity index (χ3n) is 3.31. The summed E-state index contributed by atoms with van der Waals surface area (Å²) in [5.41, 5.74) is 3.83. The lowest BCUT2D eigenvalue weighted by Gasteiger charge is -2.33. The molecule has 0 aliphatic carbocycles. The minimum absolute atomic E-state index is 1.12. The highest BCUT2D eigenvalue weighted by Gasteiger charge is 2.34. The zero-order chi connectivity index (χ0) is 14.5. The summed E-state index contributed by atoms with van der Waals surface area (Å²) in [7, 11) is -1.66. The van der Waals surface area contributed by atoms with Gasteiger partial charge >= 0.3 is 0 Å². The molecule has 0 fully saturated rings. The van der Waals surface area contributed by atoms with Crippen LogP contribution in [0.2, 0.25) is 18.1 Å². The van der Waals surface area contributed by atoms with Crippen molar-refractivity contribution in [2.24, 2.45) is 0 Å². The molecule has 0 saturated carbocycles. The lowest BCUT2D eigenvalue weighted by Crippen LogP contribution is -2.48. The summed E-state index contributed by atoms with van der Waals surface area (Å²) in [5, 5.41) is 1.50. The highest BCUT2D eigenvalue weighted by Crippen LogP contribution is 2.30. The molecule has 0 bridgehead atoms. The highest BCUT2D eigenvalue weighted by atomic mass is 28.3. The molecule has 1 aromatic rings. The molecule has 0 amide bonds. The molecule has 1 heteroatoms. The average Bonchev–Trinajstić information content (AvgIpc) is 2.27. The van der Waals surface area contributed by atoms with Gasteiger partial charge in [-0.3, -0.25) is 0 Å². The molecule has 0 nitrogen and oxygen atoms in total. The van der Waals surface area contributed by atoms with Gasteiger partial charge in [0.2, 0.25) is 0 Å². The zero-order valence-electron chi connectivity index (χ0n) is 12.6. The molecule has 0 aliphatic rings. The van der Waals surface area contributed by atoms with E-state index in [1.54, 1.807) is 0 Å². The van der Waals surface area contributed by atoms with Crippen molar-refractivity contribution in [1.82, 2.24) is 0 Å². The molecule has 1 rings (SSSR count). The van der Waals surface area contributed by atoms with Crippen LogP contribution in [0.25, 0.3) is 0 Å². The van der Waals surface area contributed by atoms with Gasteiger partial charge in [-0.2, -0.15) is 0 Å². The molecule has 19 heavy (non-hydrogen) atoms. The van der Waals surface area contributed by atoms with Crippen molar-refractivity contribution in [2.45, 2.75) is 38.9 Å². The van der Waals surface area contributed by atoms with Gasteiger partial charge in [0.05, 0.1) is 8.07 Å². The molecular weight excluding hydrogens is 244 g/mol. The van der Waals surface area contributed by atoms with Gasteiger partial charge in [0.15, 0.2) is 0 Å². The maximum atomic E-state index is 4.16. The fourth-order valence-corrected chi connectivity index (χ4v) is 8.37. The topological polar surface area (TPSA) is 0 Å². The first-order chi connectivity index (χ1) is 8.85. The number of allylic oxidation sites excluding steroid dienone is 3. The largest absolute Gasteiger partial charge is 0.100 e. The van der Waals surface area contributed by atoms with Crippen LogP contribution >= 0.6 is 0 Å². The van der Waals surface area contributed by atoms with Crippen molar-refractivity contribution in [3.8, 4) is 0 Å². The lowest BCUT2D eigenvalue weighted by atomic mass is 10.4. The van der Waals surface area contributed by atoms with Crippen molar-refractivity contribution in [1.29, 1.82) is 0 Å². The minimum atomic E-state index is -1.66. The predicted molar refractivity (Wildman–Crippen MR) is 90.7 cm³/mol. The van der Waals surface area contributed by atoms with Crippen molar-refractivity contribution < 1.29 is 0 Å². The Balaban J connectivity index is 3.28. The molecule has 0 spiro atoms. The molecule has 1 aromatic carbocycles. The minimum Gasteiger partial charge on any atom is -0.100 e. The van der Waals surface area contributed by atoms with Gasteiger partial charge in [0, 0.05) is 0 Å². The quantitative estimate of drug-likeness (QED) is 0.479. The molecule has 0 N–H and O–H groups in total. The van der Waals surface area contributed by atoms with Crippen molar-refractivity contribution in [3.63, 3.8) is 0 Å². The summed E-state index contributed by atoms with van der Waals surface area (Å²) < 4.78 is 0. The molecule has 0 heterocycles. The molecule has 0 aromatic heterocycles. The Morgan fingerprint density at radius 3 is 1.47 bits per heavy atom. The Kier molecular flexibility index (Phi) is 5.55. The molecule has 0 atom stereocenters. The van der Waals surface area contributed by atoms with E-state index < -0.39 is 8.07 Å². The second-order valence-corrected chi connectivity index (χ2v) is 10.2. The first-order valence-corrected chi connectivity index (χ1v) is 9.46.